The number of pyridine rings is 1. The first-order valence-corrected chi connectivity index (χ1v) is 9.49. The van der Waals surface area contributed by atoms with Crippen molar-refractivity contribution in [2.75, 3.05) is 6.54 Å². The van der Waals surface area contributed by atoms with Gasteiger partial charge in [0.1, 0.15) is 0 Å². The molecule has 0 radical (unpaired) electrons. The molecular weight excluding hydrogens is 318 g/mol. The molecule has 0 bridgehead atoms. The van der Waals surface area contributed by atoms with Crippen LogP contribution in [-0.2, 0) is 12.8 Å². The summed E-state index contributed by atoms with van der Waals surface area (Å²) in [5.74, 6) is 0. The molecule has 2 aromatic heterocycles. The summed E-state index contributed by atoms with van der Waals surface area (Å²) in [4.78, 5) is 8.31. The topological polar surface area (TPSA) is 54.7 Å². The normalized spacial score (nSPS) is 11.5. The third-order valence-electron chi connectivity index (χ3n) is 5.14. The van der Waals surface area contributed by atoms with Crippen LogP contribution in [0.15, 0.2) is 54.7 Å². The number of aromatic amines is 1. The number of nitrogens with zero attached hydrogens (tertiary/aromatic N) is 1. The van der Waals surface area contributed by atoms with Gasteiger partial charge in [-0.15, -0.1) is 0 Å². The van der Waals surface area contributed by atoms with Crippen LogP contribution in [0.5, 0.6) is 0 Å². The molecule has 2 aromatic carbocycles. The molecule has 3 heteroatoms. The molecule has 0 spiro atoms. The summed E-state index contributed by atoms with van der Waals surface area (Å²) in [5, 5.41) is 2.51. The Hall–Kier alpha value is -2.65. The molecule has 3 N–H and O–H groups in total. The van der Waals surface area contributed by atoms with Gasteiger partial charge in [-0.3, -0.25) is 4.98 Å². The van der Waals surface area contributed by atoms with Gasteiger partial charge in [-0.05, 0) is 67.6 Å². The van der Waals surface area contributed by atoms with Crippen LogP contribution in [-0.4, -0.2) is 16.5 Å². The third kappa shape index (κ3) is 3.11. The van der Waals surface area contributed by atoms with E-state index in [1.54, 1.807) is 0 Å². The fourth-order valence-corrected chi connectivity index (χ4v) is 3.67. The molecule has 132 valence electrons. The fraction of sp³-hybridized carbons (Fsp3) is 0.261. The average Bonchev–Trinajstić information content (AvgIpc) is 3.05. The van der Waals surface area contributed by atoms with Crippen molar-refractivity contribution in [3.63, 3.8) is 0 Å². The van der Waals surface area contributed by atoms with Crippen LogP contribution < -0.4 is 5.73 Å². The van der Waals surface area contributed by atoms with Gasteiger partial charge in [0.05, 0.1) is 11.2 Å². The van der Waals surface area contributed by atoms with E-state index in [2.05, 4.69) is 59.4 Å². The van der Waals surface area contributed by atoms with Crippen LogP contribution in [0.25, 0.3) is 33.1 Å². The number of aromatic nitrogens is 2. The minimum absolute atomic E-state index is 0.745. The number of hydrogen-bond acceptors (Lipinski definition) is 2. The van der Waals surface area contributed by atoms with Gasteiger partial charge in [0.15, 0.2) is 0 Å². The zero-order valence-corrected chi connectivity index (χ0v) is 15.3. The van der Waals surface area contributed by atoms with Gasteiger partial charge < -0.3 is 10.7 Å². The Morgan fingerprint density at radius 1 is 1.04 bits per heavy atom. The SMILES string of the molecule is CCc1ccc2[nH]c(-c3cnc4ccccc4c3)c(CCCCN)c2c1. The number of aryl methyl sites for hydroxylation is 2. The minimum Gasteiger partial charge on any atom is -0.354 e. The van der Waals surface area contributed by atoms with Crippen molar-refractivity contribution in [3.8, 4) is 11.3 Å². The second kappa shape index (κ2) is 7.30. The Labute approximate surface area is 154 Å². The average molecular weight is 343 g/mol. The summed E-state index contributed by atoms with van der Waals surface area (Å²) >= 11 is 0. The number of benzene rings is 2. The zero-order valence-electron chi connectivity index (χ0n) is 15.3. The maximum atomic E-state index is 5.72. The van der Waals surface area contributed by atoms with Crippen molar-refractivity contribution >= 4 is 21.8 Å². The number of nitrogens with one attached hydrogen (secondary N) is 1. The van der Waals surface area contributed by atoms with E-state index in [0.717, 1.165) is 43.3 Å². The summed E-state index contributed by atoms with van der Waals surface area (Å²) < 4.78 is 0. The van der Waals surface area contributed by atoms with Crippen LogP contribution >= 0.6 is 0 Å². The maximum absolute atomic E-state index is 5.72. The highest BCUT2D eigenvalue weighted by Crippen LogP contribution is 2.33. The van der Waals surface area contributed by atoms with Crippen LogP contribution in [0.2, 0.25) is 0 Å². The van der Waals surface area contributed by atoms with Gasteiger partial charge in [-0.1, -0.05) is 31.2 Å². The first-order valence-electron chi connectivity index (χ1n) is 9.49. The number of fused-ring (bicyclic) bond motifs is 2. The van der Waals surface area contributed by atoms with Crippen LogP contribution in [0, 0.1) is 0 Å². The predicted octanol–water partition coefficient (Wildman–Crippen LogP) is 5.23. The van der Waals surface area contributed by atoms with Crippen molar-refractivity contribution in [1.29, 1.82) is 0 Å². The van der Waals surface area contributed by atoms with E-state index in [1.165, 1.54) is 33.1 Å². The minimum atomic E-state index is 0.745. The van der Waals surface area contributed by atoms with E-state index in [0.29, 0.717) is 0 Å². The third-order valence-corrected chi connectivity index (χ3v) is 5.14. The highest BCUT2D eigenvalue weighted by molar-refractivity contribution is 5.93. The fourth-order valence-electron chi connectivity index (χ4n) is 3.67. The molecule has 0 amide bonds. The molecule has 4 rings (SSSR count). The van der Waals surface area contributed by atoms with E-state index in [1.807, 2.05) is 12.3 Å². The summed E-state index contributed by atoms with van der Waals surface area (Å²) in [6.07, 6.45) is 6.23. The summed E-state index contributed by atoms with van der Waals surface area (Å²) in [6, 6.07) is 17.3. The first-order chi connectivity index (χ1) is 12.8. The van der Waals surface area contributed by atoms with Gasteiger partial charge in [-0.2, -0.15) is 0 Å². The number of nitrogens with two attached hydrogens (primary N) is 1. The standard InChI is InChI=1S/C23H25N3/c1-2-16-10-11-22-20(13-16)19(8-5-6-12-24)23(26-22)18-14-17-7-3-4-9-21(17)25-15-18/h3-4,7,9-11,13-15,26H,2,5-6,8,12,24H2,1H3. The molecule has 2 heterocycles. The summed E-state index contributed by atoms with van der Waals surface area (Å²) in [5.41, 5.74) is 13.1. The van der Waals surface area contributed by atoms with Gasteiger partial charge >= 0.3 is 0 Å². The molecule has 0 saturated heterocycles. The van der Waals surface area contributed by atoms with Crippen molar-refractivity contribution < 1.29 is 0 Å². The molecule has 0 atom stereocenters. The van der Waals surface area contributed by atoms with E-state index in [4.69, 9.17) is 5.73 Å². The van der Waals surface area contributed by atoms with E-state index in [-0.39, 0.29) is 0 Å². The Kier molecular flexibility index (Phi) is 4.72. The second-order valence-electron chi connectivity index (χ2n) is 6.87. The van der Waals surface area contributed by atoms with E-state index >= 15 is 0 Å². The van der Waals surface area contributed by atoms with Crippen LogP contribution in [0.3, 0.4) is 0 Å². The molecule has 0 saturated carbocycles. The van der Waals surface area contributed by atoms with Gasteiger partial charge in [0.25, 0.3) is 0 Å². The highest BCUT2D eigenvalue weighted by Gasteiger charge is 2.14. The number of hydrogen-bond donors (Lipinski definition) is 2. The van der Waals surface area contributed by atoms with E-state index in [9.17, 15) is 0 Å². The van der Waals surface area contributed by atoms with Crippen molar-refractivity contribution in [2.24, 2.45) is 5.73 Å². The quantitative estimate of drug-likeness (QED) is 0.471. The predicted molar refractivity (Wildman–Crippen MR) is 110 cm³/mol. The first kappa shape index (κ1) is 16.8. The molecule has 0 aliphatic rings. The molecule has 3 nitrogen and oxygen atoms in total. The molecule has 26 heavy (non-hydrogen) atoms. The molecule has 4 aromatic rings. The molecular formula is C23H25N3. The lowest BCUT2D eigenvalue weighted by Gasteiger charge is -2.07. The Balaban J connectivity index is 1.87. The van der Waals surface area contributed by atoms with E-state index < -0.39 is 0 Å². The summed E-state index contributed by atoms with van der Waals surface area (Å²) in [6.45, 7) is 2.95. The van der Waals surface area contributed by atoms with Gasteiger partial charge in [-0.25, -0.2) is 0 Å². The number of H-pyrrole nitrogens is 1. The highest BCUT2D eigenvalue weighted by atomic mass is 14.7. The molecule has 0 aliphatic heterocycles. The van der Waals surface area contributed by atoms with Crippen LogP contribution in [0.4, 0.5) is 0 Å². The monoisotopic (exact) mass is 343 g/mol. The zero-order chi connectivity index (χ0) is 17.9. The Bertz CT molecular complexity index is 1050. The van der Waals surface area contributed by atoms with Gasteiger partial charge in [0, 0.05) is 28.0 Å². The lowest BCUT2D eigenvalue weighted by atomic mass is 9.99. The Morgan fingerprint density at radius 2 is 1.92 bits per heavy atom. The molecule has 0 aliphatic carbocycles. The number of rotatable bonds is 6. The lowest BCUT2D eigenvalue weighted by molar-refractivity contribution is 0.748. The van der Waals surface area contributed by atoms with Crippen LogP contribution in [0.1, 0.15) is 30.9 Å². The lowest BCUT2D eigenvalue weighted by Crippen LogP contribution is -1.99. The molecule has 0 fully saturated rings. The second-order valence-corrected chi connectivity index (χ2v) is 6.87. The molecule has 0 unspecified atom stereocenters. The van der Waals surface area contributed by atoms with Crippen molar-refractivity contribution in [2.45, 2.75) is 32.6 Å². The smallest absolute Gasteiger partial charge is 0.0702 e. The number of para-hydroxylation sites is 1. The maximum Gasteiger partial charge on any atom is 0.0702 e. The van der Waals surface area contributed by atoms with Gasteiger partial charge in [0.2, 0.25) is 0 Å². The Morgan fingerprint density at radius 3 is 2.77 bits per heavy atom. The number of unbranched alkanes of at least 4 members (excludes halogenated alkanes) is 1. The largest absolute Gasteiger partial charge is 0.354 e. The van der Waals surface area contributed by atoms with Crippen molar-refractivity contribution in [3.05, 3.63) is 65.9 Å². The van der Waals surface area contributed by atoms with Crippen molar-refractivity contribution in [1.82, 2.24) is 9.97 Å². The summed E-state index contributed by atoms with van der Waals surface area (Å²) in [7, 11) is 0.